The predicted molar refractivity (Wildman–Crippen MR) is 68.5 cm³/mol. The molecule has 0 aliphatic carbocycles. The summed E-state index contributed by atoms with van der Waals surface area (Å²) in [4.78, 5) is 15.1. The summed E-state index contributed by atoms with van der Waals surface area (Å²) in [5, 5.41) is 8.98. The van der Waals surface area contributed by atoms with Gasteiger partial charge in [0, 0.05) is 12.2 Å². The molecule has 2 N–H and O–H groups in total. The van der Waals surface area contributed by atoms with E-state index in [4.69, 9.17) is 9.62 Å². The number of benzene rings is 1. The zero-order chi connectivity index (χ0) is 12.8. The summed E-state index contributed by atoms with van der Waals surface area (Å²) in [5.74, 6) is 0.493. The van der Waals surface area contributed by atoms with E-state index in [0.29, 0.717) is 11.6 Å². The summed E-state index contributed by atoms with van der Waals surface area (Å²) in [6, 6.07) is 7.63. The Balaban J connectivity index is 1.75. The second-order valence-electron chi connectivity index (χ2n) is 3.79. The van der Waals surface area contributed by atoms with Crippen LogP contribution >= 0.6 is 11.8 Å². The monoisotopic (exact) mass is 266 g/mol. The Kier molecular flexibility index (Phi) is 4.60. The lowest BCUT2D eigenvalue weighted by molar-refractivity contribution is -0.129. The van der Waals surface area contributed by atoms with Gasteiger partial charge in [0.1, 0.15) is 5.52 Å². The number of para-hydroxylation sites is 2. The van der Waals surface area contributed by atoms with Crippen molar-refractivity contribution in [1.82, 2.24) is 10.5 Å². The first kappa shape index (κ1) is 12.9. The van der Waals surface area contributed by atoms with Crippen LogP contribution in [0.5, 0.6) is 0 Å². The minimum atomic E-state index is -0.345. The van der Waals surface area contributed by atoms with Crippen LogP contribution in [0, 0.1) is 0 Å². The van der Waals surface area contributed by atoms with Crippen LogP contribution in [-0.2, 0) is 4.79 Å². The van der Waals surface area contributed by atoms with E-state index >= 15 is 0 Å². The van der Waals surface area contributed by atoms with E-state index in [2.05, 4.69) is 4.98 Å². The largest absolute Gasteiger partial charge is 0.431 e. The first-order valence-corrected chi connectivity index (χ1v) is 6.69. The summed E-state index contributed by atoms with van der Waals surface area (Å²) in [6.07, 6.45) is 1.95. The van der Waals surface area contributed by atoms with Gasteiger partial charge in [0.05, 0.1) is 0 Å². The van der Waals surface area contributed by atoms with E-state index in [0.717, 1.165) is 29.7 Å². The van der Waals surface area contributed by atoms with Crippen molar-refractivity contribution >= 4 is 28.8 Å². The van der Waals surface area contributed by atoms with Crippen LogP contribution in [-0.4, -0.2) is 21.9 Å². The molecule has 0 spiro atoms. The molecule has 2 aromatic rings. The number of nitrogens with zero attached hydrogens (tertiary/aromatic N) is 1. The van der Waals surface area contributed by atoms with Gasteiger partial charge in [-0.1, -0.05) is 23.9 Å². The highest BCUT2D eigenvalue weighted by Gasteiger charge is 2.05. The van der Waals surface area contributed by atoms with Crippen molar-refractivity contribution in [2.45, 2.75) is 24.5 Å². The molecule has 6 heteroatoms. The van der Waals surface area contributed by atoms with Gasteiger partial charge in [-0.2, -0.15) is 0 Å². The SMILES string of the molecule is O=C(CCCCSc1nc2ccccc2o1)NO. The van der Waals surface area contributed by atoms with E-state index in [1.54, 1.807) is 5.48 Å². The Bertz CT molecular complexity index is 494. The molecule has 1 aromatic carbocycles. The molecule has 1 aromatic heterocycles. The third-order valence-electron chi connectivity index (χ3n) is 2.42. The number of hydrogen-bond acceptors (Lipinski definition) is 5. The number of rotatable bonds is 6. The third-order valence-corrected chi connectivity index (χ3v) is 3.34. The van der Waals surface area contributed by atoms with Gasteiger partial charge in [0.15, 0.2) is 5.58 Å². The number of hydrogen-bond donors (Lipinski definition) is 2. The Labute approximate surface area is 109 Å². The Morgan fingerprint density at radius 1 is 1.39 bits per heavy atom. The van der Waals surface area contributed by atoms with Crippen molar-refractivity contribution in [2.24, 2.45) is 0 Å². The quantitative estimate of drug-likeness (QED) is 0.364. The molecule has 1 amide bonds. The molecule has 0 bridgehead atoms. The molecule has 96 valence electrons. The van der Waals surface area contributed by atoms with Gasteiger partial charge in [-0.05, 0) is 25.0 Å². The van der Waals surface area contributed by atoms with Crippen LogP contribution in [0.15, 0.2) is 33.9 Å². The van der Waals surface area contributed by atoms with E-state index in [9.17, 15) is 4.79 Å². The van der Waals surface area contributed by atoms with Gasteiger partial charge in [-0.15, -0.1) is 0 Å². The van der Waals surface area contributed by atoms with E-state index in [-0.39, 0.29) is 5.91 Å². The van der Waals surface area contributed by atoms with E-state index in [1.165, 1.54) is 11.8 Å². The number of oxazole rings is 1. The lowest BCUT2D eigenvalue weighted by Gasteiger charge is -1.98. The van der Waals surface area contributed by atoms with Crippen LogP contribution in [0.1, 0.15) is 19.3 Å². The molecule has 0 saturated carbocycles. The lowest BCUT2D eigenvalue weighted by Crippen LogP contribution is -2.17. The highest BCUT2D eigenvalue weighted by atomic mass is 32.2. The van der Waals surface area contributed by atoms with Gasteiger partial charge in [0.25, 0.3) is 5.22 Å². The number of aromatic nitrogens is 1. The molecule has 2 rings (SSSR count). The first-order valence-electron chi connectivity index (χ1n) is 5.71. The average molecular weight is 266 g/mol. The van der Waals surface area contributed by atoms with Crippen LogP contribution < -0.4 is 5.48 Å². The summed E-state index contributed by atoms with van der Waals surface area (Å²) in [5.41, 5.74) is 3.27. The summed E-state index contributed by atoms with van der Waals surface area (Å²) >= 11 is 1.53. The average Bonchev–Trinajstić information content (AvgIpc) is 2.80. The molecule has 0 aliphatic heterocycles. The second kappa shape index (κ2) is 6.42. The molecular weight excluding hydrogens is 252 g/mol. The maximum atomic E-state index is 10.8. The molecule has 0 saturated heterocycles. The van der Waals surface area contributed by atoms with Crippen molar-refractivity contribution in [1.29, 1.82) is 0 Å². The van der Waals surface area contributed by atoms with Gasteiger partial charge in [-0.3, -0.25) is 10.0 Å². The molecule has 0 radical (unpaired) electrons. The maximum Gasteiger partial charge on any atom is 0.256 e. The Morgan fingerprint density at radius 2 is 2.22 bits per heavy atom. The van der Waals surface area contributed by atoms with Gasteiger partial charge < -0.3 is 4.42 Å². The number of carbonyl (C=O) groups excluding carboxylic acids is 1. The number of thioether (sulfide) groups is 1. The smallest absolute Gasteiger partial charge is 0.256 e. The Morgan fingerprint density at radius 3 is 3.00 bits per heavy atom. The number of nitrogens with one attached hydrogen (secondary N) is 1. The third kappa shape index (κ3) is 3.48. The highest BCUT2D eigenvalue weighted by molar-refractivity contribution is 7.99. The number of carbonyl (C=O) groups is 1. The molecule has 0 atom stereocenters. The van der Waals surface area contributed by atoms with Gasteiger partial charge in [0.2, 0.25) is 5.91 Å². The van der Waals surface area contributed by atoms with E-state index in [1.807, 2.05) is 24.3 Å². The maximum absolute atomic E-state index is 10.8. The van der Waals surface area contributed by atoms with Crippen molar-refractivity contribution in [3.05, 3.63) is 24.3 Å². The molecule has 5 nitrogen and oxygen atoms in total. The first-order chi connectivity index (χ1) is 8.79. The molecule has 0 fully saturated rings. The number of hydroxylamine groups is 1. The number of amides is 1. The molecule has 0 unspecified atom stereocenters. The lowest BCUT2D eigenvalue weighted by atomic mass is 10.2. The van der Waals surface area contributed by atoms with Crippen molar-refractivity contribution in [3.8, 4) is 0 Å². The number of unbranched alkanes of at least 4 members (excludes halogenated alkanes) is 1. The minimum Gasteiger partial charge on any atom is -0.431 e. The number of fused-ring (bicyclic) bond motifs is 1. The Hall–Kier alpha value is -1.53. The van der Waals surface area contributed by atoms with Crippen molar-refractivity contribution in [2.75, 3.05) is 5.75 Å². The molecule has 18 heavy (non-hydrogen) atoms. The normalized spacial score (nSPS) is 10.7. The summed E-state index contributed by atoms with van der Waals surface area (Å²) in [7, 11) is 0. The fraction of sp³-hybridized carbons (Fsp3) is 0.333. The van der Waals surface area contributed by atoms with Crippen LogP contribution in [0.3, 0.4) is 0 Å². The predicted octanol–water partition coefficient (Wildman–Crippen LogP) is 2.60. The van der Waals surface area contributed by atoms with Crippen LogP contribution in [0.4, 0.5) is 0 Å². The molecular formula is C12H14N2O3S. The van der Waals surface area contributed by atoms with Crippen molar-refractivity contribution < 1.29 is 14.4 Å². The van der Waals surface area contributed by atoms with Gasteiger partial charge >= 0.3 is 0 Å². The summed E-state index contributed by atoms with van der Waals surface area (Å²) < 4.78 is 5.55. The van der Waals surface area contributed by atoms with Crippen LogP contribution in [0.25, 0.3) is 11.1 Å². The highest BCUT2D eigenvalue weighted by Crippen LogP contribution is 2.23. The fourth-order valence-electron chi connectivity index (χ4n) is 1.52. The zero-order valence-electron chi connectivity index (χ0n) is 9.76. The van der Waals surface area contributed by atoms with E-state index < -0.39 is 0 Å². The molecule has 0 aliphatic rings. The summed E-state index contributed by atoms with van der Waals surface area (Å²) in [6.45, 7) is 0. The topological polar surface area (TPSA) is 75.4 Å². The minimum absolute atomic E-state index is 0.338. The van der Waals surface area contributed by atoms with Crippen molar-refractivity contribution in [3.63, 3.8) is 0 Å². The molecule has 1 heterocycles. The fourth-order valence-corrected chi connectivity index (χ4v) is 2.35. The van der Waals surface area contributed by atoms with Gasteiger partial charge in [-0.25, -0.2) is 10.5 Å². The second-order valence-corrected chi connectivity index (χ2v) is 4.83. The zero-order valence-corrected chi connectivity index (χ0v) is 10.6. The van der Waals surface area contributed by atoms with Crippen LogP contribution in [0.2, 0.25) is 0 Å². The standard InChI is InChI=1S/C12H14N2O3S/c15-11(14-16)7-3-4-8-18-12-13-9-5-1-2-6-10(9)17-12/h1-2,5-6,16H,3-4,7-8H2,(H,14,15).